The number of alkyl halides is 1. The summed E-state index contributed by atoms with van der Waals surface area (Å²) in [6.45, 7) is -0.703. The van der Waals surface area contributed by atoms with E-state index in [1.165, 1.54) is 0 Å². The molecule has 26 heavy (non-hydrogen) atoms. The summed E-state index contributed by atoms with van der Waals surface area (Å²) in [6, 6.07) is 9.40. The first-order valence-electron chi connectivity index (χ1n) is 8.81. The van der Waals surface area contributed by atoms with Gasteiger partial charge in [0.25, 0.3) is 0 Å². The van der Waals surface area contributed by atoms with Crippen LogP contribution in [0.2, 0.25) is 0 Å². The van der Waals surface area contributed by atoms with Gasteiger partial charge in [-0.2, -0.15) is 0 Å². The summed E-state index contributed by atoms with van der Waals surface area (Å²) >= 11 is 0. The Balaban J connectivity index is 1.92. The molecule has 4 N–H and O–H groups in total. The summed E-state index contributed by atoms with van der Waals surface area (Å²) in [4.78, 5) is 24.5. The van der Waals surface area contributed by atoms with E-state index in [0.29, 0.717) is 16.9 Å². The molecular weight excluding hydrogens is 335 g/mol. The van der Waals surface area contributed by atoms with Crippen LogP contribution in [-0.2, 0) is 14.3 Å². The maximum Gasteiger partial charge on any atom is 0.244 e. The molecule has 3 atom stereocenters. The van der Waals surface area contributed by atoms with Gasteiger partial charge >= 0.3 is 0 Å². The Kier molecular flexibility index (Phi) is 3.86. The minimum absolute atomic E-state index is 0.00262. The molecule has 0 spiro atoms. The number of hydrogen-bond donors (Lipinski definition) is 2. The van der Waals surface area contributed by atoms with E-state index in [1.807, 2.05) is 30.3 Å². The van der Waals surface area contributed by atoms with Crippen molar-refractivity contribution in [1.29, 1.82) is 0 Å². The van der Waals surface area contributed by atoms with E-state index in [9.17, 15) is 14.0 Å². The van der Waals surface area contributed by atoms with Crippen LogP contribution in [0, 0.1) is 11.3 Å². The number of halogens is 1. The van der Waals surface area contributed by atoms with Crippen LogP contribution < -0.4 is 11.5 Å². The first-order valence-corrected chi connectivity index (χ1v) is 8.81. The first kappa shape index (κ1) is 16.8. The Bertz CT molecular complexity index is 829. The minimum atomic E-state index is -1.11. The molecule has 1 aliphatic heterocycles. The second kappa shape index (κ2) is 5.97. The number of primary amides is 2. The van der Waals surface area contributed by atoms with Gasteiger partial charge < -0.3 is 16.2 Å². The molecule has 2 amide bonds. The van der Waals surface area contributed by atoms with E-state index in [1.54, 1.807) is 6.08 Å². The molecular formula is C20H21FN2O3. The Labute approximate surface area is 150 Å². The Morgan fingerprint density at radius 1 is 1.19 bits per heavy atom. The highest BCUT2D eigenvalue weighted by Crippen LogP contribution is 2.60. The zero-order valence-corrected chi connectivity index (χ0v) is 14.3. The largest absolute Gasteiger partial charge is 0.490 e. The summed E-state index contributed by atoms with van der Waals surface area (Å²) < 4.78 is 19.8. The molecule has 1 saturated carbocycles. The second-order valence-corrected chi connectivity index (χ2v) is 7.30. The fourth-order valence-corrected chi connectivity index (χ4v) is 4.41. The smallest absolute Gasteiger partial charge is 0.244 e. The third kappa shape index (κ3) is 2.35. The number of ether oxygens (including phenoxy) is 1. The zero-order valence-electron chi connectivity index (χ0n) is 14.3. The predicted octanol–water partition coefficient (Wildman–Crippen LogP) is 2.09. The number of benzene rings is 1. The molecule has 0 aromatic heterocycles. The maximum absolute atomic E-state index is 13.8. The number of rotatable bonds is 5. The molecule has 1 fully saturated rings. The van der Waals surface area contributed by atoms with Crippen molar-refractivity contribution in [3.8, 4) is 0 Å². The SMILES string of the molecule is NC(=O)C1=CC2=C(OC(CF)C2c2ccccc2)C(C(N)=O)(C2CC2)C1. The highest BCUT2D eigenvalue weighted by molar-refractivity contribution is 5.96. The number of carbonyl (C=O) groups is 2. The first-order chi connectivity index (χ1) is 12.5. The van der Waals surface area contributed by atoms with Crippen molar-refractivity contribution in [2.45, 2.75) is 31.3 Å². The van der Waals surface area contributed by atoms with Crippen LogP contribution in [0.1, 0.15) is 30.7 Å². The highest BCUT2D eigenvalue weighted by Gasteiger charge is 2.59. The summed E-state index contributed by atoms with van der Waals surface area (Å²) in [5, 5.41) is 0. The summed E-state index contributed by atoms with van der Waals surface area (Å²) in [5.74, 6) is -1.08. The topological polar surface area (TPSA) is 95.4 Å². The van der Waals surface area contributed by atoms with Gasteiger partial charge in [0, 0.05) is 11.1 Å². The molecule has 1 aromatic carbocycles. The second-order valence-electron chi connectivity index (χ2n) is 7.30. The maximum atomic E-state index is 13.8. The number of nitrogens with two attached hydrogens (primary N) is 2. The molecule has 3 unspecified atom stereocenters. The van der Waals surface area contributed by atoms with Crippen LogP contribution in [0.4, 0.5) is 4.39 Å². The third-order valence-corrected chi connectivity index (χ3v) is 5.78. The Morgan fingerprint density at radius 3 is 2.42 bits per heavy atom. The molecule has 3 aliphatic rings. The van der Waals surface area contributed by atoms with Crippen molar-refractivity contribution in [3.63, 3.8) is 0 Å². The van der Waals surface area contributed by atoms with Crippen LogP contribution in [-0.4, -0.2) is 24.6 Å². The van der Waals surface area contributed by atoms with E-state index in [2.05, 4.69) is 0 Å². The van der Waals surface area contributed by atoms with E-state index >= 15 is 0 Å². The van der Waals surface area contributed by atoms with Gasteiger partial charge in [0.15, 0.2) is 0 Å². The molecule has 1 aromatic rings. The van der Waals surface area contributed by atoms with Gasteiger partial charge in [-0.25, -0.2) is 4.39 Å². The molecule has 0 radical (unpaired) electrons. The van der Waals surface area contributed by atoms with Crippen LogP contribution in [0.15, 0.2) is 53.3 Å². The quantitative estimate of drug-likeness (QED) is 0.845. The minimum Gasteiger partial charge on any atom is -0.490 e. The van der Waals surface area contributed by atoms with Crippen molar-refractivity contribution in [1.82, 2.24) is 0 Å². The molecule has 136 valence electrons. The molecule has 2 aliphatic carbocycles. The number of carbonyl (C=O) groups excluding carboxylic acids is 2. The van der Waals surface area contributed by atoms with E-state index in [0.717, 1.165) is 18.4 Å². The summed E-state index contributed by atoms with van der Waals surface area (Å²) in [6.07, 6.45) is 2.70. The Morgan fingerprint density at radius 2 is 1.88 bits per heavy atom. The van der Waals surface area contributed by atoms with Gasteiger partial charge in [-0.15, -0.1) is 0 Å². The van der Waals surface area contributed by atoms with Gasteiger partial charge in [0.05, 0.1) is 5.92 Å². The number of allylic oxidation sites excluding steroid dienone is 1. The van der Waals surface area contributed by atoms with Gasteiger partial charge in [0.1, 0.15) is 24.0 Å². The predicted molar refractivity (Wildman–Crippen MR) is 93.3 cm³/mol. The monoisotopic (exact) mass is 356 g/mol. The van der Waals surface area contributed by atoms with Crippen LogP contribution in [0.25, 0.3) is 0 Å². The fourth-order valence-electron chi connectivity index (χ4n) is 4.41. The molecule has 6 heteroatoms. The standard InChI is InChI=1S/C20H21FN2O3/c21-10-15-16(11-4-2-1-3-5-11)14-8-12(18(22)24)9-20(19(23)25,13-6-7-13)17(14)26-15/h1-5,8,13,15-16H,6-7,9-10H2,(H2,22,24)(H2,23,25). The van der Waals surface area contributed by atoms with E-state index in [4.69, 9.17) is 16.2 Å². The lowest BCUT2D eigenvalue weighted by atomic mass is 9.68. The molecule has 0 bridgehead atoms. The molecule has 5 nitrogen and oxygen atoms in total. The van der Waals surface area contributed by atoms with Crippen molar-refractivity contribution in [2.24, 2.45) is 22.8 Å². The normalized spacial score (nSPS) is 30.4. The molecule has 0 saturated heterocycles. The lowest BCUT2D eigenvalue weighted by Crippen LogP contribution is -2.44. The Hall–Kier alpha value is -2.63. The highest BCUT2D eigenvalue weighted by atomic mass is 19.1. The third-order valence-electron chi connectivity index (χ3n) is 5.78. The lowest BCUT2D eigenvalue weighted by molar-refractivity contribution is -0.129. The number of amides is 2. The van der Waals surface area contributed by atoms with Crippen LogP contribution in [0.3, 0.4) is 0 Å². The van der Waals surface area contributed by atoms with E-state index < -0.39 is 35.9 Å². The fraction of sp³-hybridized carbons (Fsp3) is 0.400. The number of hydrogen-bond acceptors (Lipinski definition) is 3. The van der Waals surface area contributed by atoms with Gasteiger partial charge in [-0.1, -0.05) is 30.3 Å². The zero-order chi connectivity index (χ0) is 18.5. The van der Waals surface area contributed by atoms with E-state index in [-0.39, 0.29) is 12.3 Å². The van der Waals surface area contributed by atoms with Gasteiger partial charge in [0.2, 0.25) is 11.8 Å². The van der Waals surface area contributed by atoms with Crippen molar-refractivity contribution in [3.05, 3.63) is 58.9 Å². The van der Waals surface area contributed by atoms with Gasteiger partial charge in [-0.3, -0.25) is 9.59 Å². The summed E-state index contributed by atoms with van der Waals surface area (Å²) in [7, 11) is 0. The lowest BCUT2D eigenvalue weighted by Gasteiger charge is -2.35. The van der Waals surface area contributed by atoms with Gasteiger partial charge in [-0.05, 0) is 36.8 Å². The average molecular weight is 356 g/mol. The van der Waals surface area contributed by atoms with Crippen molar-refractivity contribution in [2.75, 3.05) is 6.67 Å². The molecule has 1 heterocycles. The van der Waals surface area contributed by atoms with Crippen molar-refractivity contribution >= 4 is 11.8 Å². The van der Waals surface area contributed by atoms with Crippen LogP contribution in [0.5, 0.6) is 0 Å². The van der Waals surface area contributed by atoms with Crippen LogP contribution >= 0.6 is 0 Å². The van der Waals surface area contributed by atoms with Crippen molar-refractivity contribution < 1.29 is 18.7 Å². The molecule has 4 rings (SSSR count). The summed E-state index contributed by atoms with van der Waals surface area (Å²) in [5.41, 5.74) is 12.1. The average Bonchev–Trinajstić information content (AvgIpc) is 3.41.